The Balaban J connectivity index is 1.99. The molecule has 18 heavy (non-hydrogen) atoms. The van der Waals surface area contributed by atoms with Gasteiger partial charge in [0, 0.05) is 25.8 Å². The second kappa shape index (κ2) is 5.14. The van der Waals surface area contributed by atoms with Crippen LogP contribution in [-0.4, -0.2) is 40.2 Å². The Morgan fingerprint density at radius 3 is 2.78 bits per heavy atom. The van der Waals surface area contributed by atoms with Gasteiger partial charge in [-0.05, 0) is 44.7 Å². The van der Waals surface area contributed by atoms with Gasteiger partial charge in [-0.25, -0.2) is 0 Å². The molecule has 1 aliphatic rings. The molecule has 0 aliphatic heterocycles. The highest BCUT2D eigenvalue weighted by molar-refractivity contribution is 5.92. The molecule has 1 saturated carbocycles. The Labute approximate surface area is 108 Å². The Bertz CT molecular complexity index is 419. The second-order valence-electron chi connectivity index (χ2n) is 5.57. The molecule has 4 heteroatoms. The lowest BCUT2D eigenvalue weighted by Gasteiger charge is -2.34. The lowest BCUT2D eigenvalue weighted by Crippen LogP contribution is -2.40. The molecule has 0 unspecified atom stereocenters. The SMILES string of the molecule is CC(C)n1cccc1C(=O)N(C)CC1CC(O)C1. The van der Waals surface area contributed by atoms with Gasteiger partial charge in [-0.3, -0.25) is 4.79 Å². The zero-order valence-electron chi connectivity index (χ0n) is 11.3. The van der Waals surface area contributed by atoms with E-state index in [1.165, 1.54) is 0 Å². The molecule has 0 radical (unpaired) electrons. The van der Waals surface area contributed by atoms with Crippen LogP contribution in [0.4, 0.5) is 0 Å². The Morgan fingerprint density at radius 2 is 2.22 bits per heavy atom. The van der Waals surface area contributed by atoms with E-state index in [0.717, 1.165) is 25.1 Å². The molecule has 0 atom stereocenters. The van der Waals surface area contributed by atoms with E-state index in [2.05, 4.69) is 13.8 Å². The Morgan fingerprint density at radius 1 is 1.56 bits per heavy atom. The summed E-state index contributed by atoms with van der Waals surface area (Å²) in [5.74, 6) is 0.520. The van der Waals surface area contributed by atoms with E-state index >= 15 is 0 Å². The van der Waals surface area contributed by atoms with Gasteiger partial charge in [0.1, 0.15) is 5.69 Å². The van der Waals surface area contributed by atoms with Gasteiger partial charge < -0.3 is 14.6 Å². The number of aromatic nitrogens is 1. The first-order valence-corrected chi connectivity index (χ1v) is 6.59. The maximum Gasteiger partial charge on any atom is 0.270 e. The summed E-state index contributed by atoms with van der Waals surface area (Å²) < 4.78 is 1.99. The molecule has 0 saturated heterocycles. The molecule has 1 N–H and O–H groups in total. The lowest BCUT2D eigenvalue weighted by atomic mass is 9.82. The zero-order chi connectivity index (χ0) is 13.3. The minimum absolute atomic E-state index is 0.0649. The molecule has 0 spiro atoms. The average molecular weight is 250 g/mol. The molecule has 100 valence electrons. The average Bonchev–Trinajstić information content (AvgIpc) is 2.74. The quantitative estimate of drug-likeness (QED) is 0.887. The van der Waals surface area contributed by atoms with Crippen LogP contribution >= 0.6 is 0 Å². The van der Waals surface area contributed by atoms with Crippen molar-refractivity contribution >= 4 is 5.91 Å². The fourth-order valence-electron chi connectivity index (χ4n) is 2.54. The van der Waals surface area contributed by atoms with Crippen LogP contribution in [0.2, 0.25) is 0 Å². The summed E-state index contributed by atoms with van der Waals surface area (Å²) in [6, 6.07) is 4.07. The van der Waals surface area contributed by atoms with Crippen LogP contribution in [0, 0.1) is 5.92 Å². The minimum atomic E-state index is -0.155. The van der Waals surface area contributed by atoms with Crippen molar-refractivity contribution in [2.45, 2.75) is 38.8 Å². The number of rotatable bonds is 4. The molecular weight excluding hydrogens is 228 g/mol. The number of amides is 1. The maximum atomic E-state index is 12.3. The Kier molecular flexibility index (Phi) is 3.76. The van der Waals surface area contributed by atoms with Crippen LogP contribution in [0.1, 0.15) is 43.2 Å². The minimum Gasteiger partial charge on any atom is -0.393 e. The number of carbonyl (C=O) groups is 1. The van der Waals surface area contributed by atoms with Gasteiger partial charge in [0.25, 0.3) is 5.91 Å². The van der Waals surface area contributed by atoms with Crippen LogP contribution in [0.25, 0.3) is 0 Å². The van der Waals surface area contributed by atoms with Crippen LogP contribution < -0.4 is 0 Å². The maximum absolute atomic E-state index is 12.3. The van der Waals surface area contributed by atoms with E-state index in [4.69, 9.17) is 0 Å². The van der Waals surface area contributed by atoms with Crippen LogP contribution in [0.3, 0.4) is 0 Å². The second-order valence-corrected chi connectivity index (χ2v) is 5.57. The topological polar surface area (TPSA) is 45.5 Å². The van der Waals surface area contributed by atoms with Crippen molar-refractivity contribution in [1.29, 1.82) is 0 Å². The predicted octanol–water partition coefficient (Wildman–Crippen LogP) is 1.91. The summed E-state index contributed by atoms with van der Waals surface area (Å²) in [5, 5.41) is 9.26. The first kappa shape index (κ1) is 13.1. The number of aliphatic hydroxyl groups is 1. The number of aliphatic hydroxyl groups excluding tert-OH is 1. The van der Waals surface area contributed by atoms with Gasteiger partial charge in [-0.2, -0.15) is 0 Å². The van der Waals surface area contributed by atoms with Gasteiger partial charge in [0.15, 0.2) is 0 Å². The molecule has 0 aromatic carbocycles. The normalized spacial score (nSPS) is 22.9. The van der Waals surface area contributed by atoms with Gasteiger partial charge in [0.2, 0.25) is 0 Å². The first-order valence-electron chi connectivity index (χ1n) is 6.59. The molecule has 1 fully saturated rings. The lowest BCUT2D eigenvalue weighted by molar-refractivity contribution is 0.0262. The van der Waals surface area contributed by atoms with Crippen LogP contribution in [-0.2, 0) is 0 Å². The van der Waals surface area contributed by atoms with Crippen LogP contribution in [0.15, 0.2) is 18.3 Å². The van der Waals surface area contributed by atoms with E-state index in [1.54, 1.807) is 4.90 Å². The van der Waals surface area contributed by atoms with Crippen molar-refractivity contribution in [3.63, 3.8) is 0 Å². The number of hydrogen-bond donors (Lipinski definition) is 1. The third kappa shape index (κ3) is 2.58. The van der Waals surface area contributed by atoms with Crippen molar-refractivity contribution in [3.05, 3.63) is 24.0 Å². The molecular formula is C14H22N2O2. The molecule has 1 aromatic rings. The standard InChI is InChI=1S/C14H22N2O2/c1-10(2)16-6-4-5-13(16)14(18)15(3)9-11-7-12(17)8-11/h4-6,10-12,17H,7-9H2,1-3H3. The molecule has 4 nitrogen and oxygen atoms in total. The van der Waals surface area contributed by atoms with Crippen molar-refractivity contribution in [2.75, 3.05) is 13.6 Å². The van der Waals surface area contributed by atoms with E-state index in [-0.39, 0.29) is 18.1 Å². The summed E-state index contributed by atoms with van der Waals surface area (Å²) in [5.41, 5.74) is 0.743. The molecule has 1 amide bonds. The highest BCUT2D eigenvalue weighted by atomic mass is 16.3. The summed E-state index contributed by atoms with van der Waals surface area (Å²) in [4.78, 5) is 14.1. The summed E-state index contributed by atoms with van der Waals surface area (Å²) >= 11 is 0. The summed E-state index contributed by atoms with van der Waals surface area (Å²) in [6.45, 7) is 4.87. The smallest absolute Gasteiger partial charge is 0.270 e. The fraction of sp³-hybridized carbons (Fsp3) is 0.643. The monoisotopic (exact) mass is 250 g/mol. The third-order valence-electron chi connectivity index (χ3n) is 3.64. The predicted molar refractivity (Wildman–Crippen MR) is 70.5 cm³/mol. The number of carbonyl (C=O) groups excluding carboxylic acids is 1. The van der Waals surface area contributed by atoms with Gasteiger partial charge >= 0.3 is 0 Å². The fourth-order valence-corrected chi connectivity index (χ4v) is 2.54. The molecule has 1 heterocycles. The van der Waals surface area contributed by atoms with Crippen molar-refractivity contribution in [3.8, 4) is 0 Å². The largest absolute Gasteiger partial charge is 0.393 e. The van der Waals surface area contributed by atoms with E-state index < -0.39 is 0 Å². The van der Waals surface area contributed by atoms with Crippen molar-refractivity contribution < 1.29 is 9.90 Å². The Hall–Kier alpha value is -1.29. The number of hydrogen-bond acceptors (Lipinski definition) is 2. The molecule has 2 rings (SSSR count). The van der Waals surface area contributed by atoms with E-state index in [9.17, 15) is 9.90 Å². The highest BCUT2D eigenvalue weighted by Gasteiger charge is 2.29. The van der Waals surface area contributed by atoms with Gasteiger partial charge in [-0.1, -0.05) is 0 Å². The van der Waals surface area contributed by atoms with Gasteiger partial charge in [0.05, 0.1) is 6.10 Å². The first-order chi connectivity index (χ1) is 8.49. The van der Waals surface area contributed by atoms with Crippen molar-refractivity contribution in [2.24, 2.45) is 5.92 Å². The summed E-state index contributed by atoms with van der Waals surface area (Å²) in [6.07, 6.45) is 3.43. The molecule has 1 aliphatic carbocycles. The highest BCUT2D eigenvalue weighted by Crippen LogP contribution is 2.28. The van der Waals surface area contributed by atoms with Crippen LogP contribution in [0.5, 0.6) is 0 Å². The molecule has 0 bridgehead atoms. The summed E-state index contributed by atoms with van der Waals surface area (Å²) in [7, 11) is 1.84. The number of nitrogens with zero attached hydrogens (tertiary/aromatic N) is 2. The third-order valence-corrected chi connectivity index (χ3v) is 3.64. The van der Waals surface area contributed by atoms with E-state index in [0.29, 0.717) is 5.92 Å². The van der Waals surface area contributed by atoms with Gasteiger partial charge in [-0.15, -0.1) is 0 Å². The zero-order valence-corrected chi connectivity index (χ0v) is 11.3. The molecule has 1 aromatic heterocycles. The van der Waals surface area contributed by atoms with E-state index in [1.807, 2.05) is 29.9 Å². The van der Waals surface area contributed by atoms with Crippen molar-refractivity contribution in [1.82, 2.24) is 9.47 Å².